The van der Waals surface area contributed by atoms with Crippen LogP contribution in [0.5, 0.6) is 5.75 Å². The standard InChI is InChI=1S/C16H14FNO/c1-19-16-8-4-13(5-9-16)14(11-18)10-12-2-6-15(17)7-3-12/h2-9,14H,10H2,1H3. The van der Waals surface area contributed by atoms with Crippen molar-refractivity contribution in [1.29, 1.82) is 5.26 Å². The van der Waals surface area contributed by atoms with Gasteiger partial charge in [-0.1, -0.05) is 24.3 Å². The summed E-state index contributed by atoms with van der Waals surface area (Å²) in [5, 5.41) is 9.27. The van der Waals surface area contributed by atoms with Gasteiger partial charge in [0.05, 0.1) is 19.1 Å². The van der Waals surface area contributed by atoms with Crippen molar-refractivity contribution in [2.75, 3.05) is 7.11 Å². The van der Waals surface area contributed by atoms with Crippen molar-refractivity contribution in [2.24, 2.45) is 0 Å². The summed E-state index contributed by atoms with van der Waals surface area (Å²) in [6.45, 7) is 0. The minimum Gasteiger partial charge on any atom is -0.497 e. The van der Waals surface area contributed by atoms with Crippen LogP contribution in [0.3, 0.4) is 0 Å². The number of rotatable bonds is 4. The molecule has 0 aliphatic rings. The molecule has 1 atom stereocenters. The first-order valence-corrected chi connectivity index (χ1v) is 6.01. The van der Waals surface area contributed by atoms with E-state index in [9.17, 15) is 9.65 Å². The van der Waals surface area contributed by atoms with E-state index in [2.05, 4.69) is 6.07 Å². The molecule has 0 aliphatic heterocycles. The van der Waals surface area contributed by atoms with Crippen molar-refractivity contribution in [3.63, 3.8) is 0 Å². The lowest BCUT2D eigenvalue weighted by Crippen LogP contribution is -2.00. The molecule has 0 spiro atoms. The zero-order chi connectivity index (χ0) is 13.7. The minimum absolute atomic E-state index is 0.239. The Balaban J connectivity index is 2.15. The molecule has 2 aromatic carbocycles. The molecule has 0 saturated carbocycles. The lowest BCUT2D eigenvalue weighted by molar-refractivity contribution is 0.414. The van der Waals surface area contributed by atoms with E-state index in [0.29, 0.717) is 6.42 Å². The summed E-state index contributed by atoms with van der Waals surface area (Å²) in [4.78, 5) is 0. The van der Waals surface area contributed by atoms with E-state index in [-0.39, 0.29) is 11.7 Å². The molecule has 0 heterocycles. The van der Waals surface area contributed by atoms with Crippen LogP contribution in [0.25, 0.3) is 0 Å². The summed E-state index contributed by atoms with van der Waals surface area (Å²) in [7, 11) is 1.61. The molecule has 1 unspecified atom stereocenters. The van der Waals surface area contributed by atoms with Gasteiger partial charge >= 0.3 is 0 Å². The lowest BCUT2D eigenvalue weighted by Gasteiger charge is -2.10. The lowest BCUT2D eigenvalue weighted by atomic mass is 9.93. The number of benzene rings is 2. The normalized spacial score (nSPS) is 11.6. The fraction of sp³-hybridized carbons (Fsp3) is 0.188. The average Bonchev–Trinajstić information content (AvgIpc) is 2.47. The predicted molar refractivity (Wildman–Crippen MR) is 71.5 cm³/mol. The Kier molecular flexibility index (Phi) is 4.15. The molecule has 2 aromatic rings. The first-order chi connectivity index (χ1) is 9.22. The molecule has 0 radical (unpaired) electrons. The van der Waals surface area contributed by atoms with Gasteiger partial charge in [-0.2, -0.15) is 5.26 Å². The van der Waals surface area contributed by atoms with Crippen LogP contribution in [0.15, 0.2) is 48.5 Å². The van der Waals surface area contributed by atoms with Gasteiger partial charge in [-0.25, -0.2) is 4.39 Å². The highest BCUT2D eigenvalue weighted by atomic mass is 19.1. The van der Waals surface area contributed by atoms with Crippen LogP contribution in [0.4, 0.5) is 4.39 Å². The van der Waals surface area contributed by atoms with Crippen LogP contribution in [0.1, 0.15) is 17.0 Å². The van der Waals surface area contributed by atoms with Gasteiger partial charge in [0.2, 0.25) is 0 Å². The molecular formula is C16H14FNO. The van der Waals surface area contributed by atoms with Gasteiger partial charge in [0, 0.05) is 0 Å². The van der Waals surface area contributed by atoms with Crippen LogP contribution >= 0.6 is 0 Å². The van der Waals surface area contributed by atoms with Crippen LogP contribution < -0.4 is 4.74 Å². The first kappa shape index (κ1) is 13.1. The number of nitrogens with zero attached hydrogens (tertiary/aromatic N) is 1. The van der Waals surface area contributed by atoms with Gasteiger partial charge in [-0.15, -0.1) is 0 Å². The zero-order valence-electron chi connectivity index (χ0n) is 10.6. The number of hydrogen-bond donors (Lipinski definition) is 0. The van der Waals surface area contributed by atoms with Crippen molar-refractivity contribution >= 4 is 0 Å². The SMILES string of the molecule is COc1ccc(C(C#N)Cc2ccc(F)cc2)cc1. The van der Waals surface area contributed by atoms with Crippen molar-refractivity contribution in [3.05, 3.63) is 65.5 Å². The summed E-state index contributed by atoms with van der Waals surface area (Å²) in [5.74, 6) is 0.264. The molecular weight excluding hydrogens is 241 g/mol. The molecule has 19 heavy (non-hydrogen) atoms. The summed E-state index contributed by atoms with van der Waals surface area (Å²) < 4.78 is 17.9. The maximum atomic E-state index is 12.8. The third-order valence-corrected chi connectivity index (χ3v) is 3.03. The fourth-order valence-corrected chi connectivity index (χ4v) is 1.93. The van der Waals surface area contributed by atoms with E-state index in [0.717, 1.165) is 16.9 Å². The Morgan fingerprint density at radius 1 is 1.11 bits per heavy atom. The van der Waals surface area contributed by atoms with E-state index < -0.39 is 0 Å². The predicted octanol–water partition coefficient (Wildman–Crippen LogP) is 3.68. The second kappa shape index (κ2) is 6.01. The van der Waals surface area contributed by atoms with Crippen molar-refractivity contribution in [2.45, 2.75) is 12.3 Å². The van der Waals surface area contributed by atoms with Gasteiger partial charge in [0.15, 0.2) is 0 Å². The summed E-state index contributed by atoms with van der Waals surface area (Å²) in [6.07, 6.45) is 0.573. The zero-order valence-corrected chi connectivity index (χ0v) is 10.6. The maximum Gasteiger partial charge on any atom is 0.123 e. The van der Waals surface area contributed by atoms with E-state index in [1.54, 1.807) is 19.2 Å². The molecule has 0 aromatic heterocycles. The van der Waals surface area contributed by atoms with Crippen LogP contribution in [0.2, 0.25) is 0 Å². The smallest absolute Gasteiger partial charge is 0.123 e. The summed E-state index contributed by atoms with van der Waals surface area (Å²) in [5.41, 5.74) is 1.89. The Labute approximate surface area is 112 Å². The van der Waals surface area contributed by atoms with Crippen LogP contribution in [0, 0.1) is 17.1 Å². The number of nitriles is 1. The van der Waals surface area contributed by atoms with Crippen LogP contribution in [-0.4, -0.2) is 7.11 Å². The van der Waals surface area contributed by atoms with Crippen LogP contribution in [-0.2, 0) is 6.42 Å². The van der Waals surface area contributed by atoms with Gasteiger partial charge in [-0.3, -0.25) is 0 Å². The van der Waals surface area contributed by atoms with Crippen molar-refractivity contribution < 1.29 is 9.13 Å². The third-order valence-electron chi connectivity index (χ3n) is 3.03. The summed E-state index contributed by atoms with van der Waals surface area (Å²) in [6, 6.07) is 16.0. The molecule has 0 N–H and O–H groups in total. The second-order valence-corrected chi connectivity index (χ2v) is 4.29. The maximum absolute atomic E-state index is 12.8. The van der Waals surface area contributed by atoms with E-state index >= 15 is 0 Å². The topological polar surface area (TPSA) is 33.0 Å². The van der Waals surface area contributed by atoms with E-state index in [1.165, 1.54) is 12.1 Å². The Morgan fingerprint density at radius 2 is 1.74 bits per heavy atom. The fourth-order valence-electron chi connectivity index (χ4n) is 1.93. The highest BCUT2D eigenvalue weighted by Crippen LogP contribution is 2.22. The van der Waals surface area contributed by atoms with Crippen molar-refractivity contribution in [3.8, 4) is 11.8 Å². The largest absolute Gasteiger partial charge is 0.497 e. The number of halogens is 1. The second-order valence-electron chi connectivity index (χ2n) is 4.29. The van der Waals surface area contributed by atoms with Gasteiger partial charge in [0.1, 0.15) is 11.6 Å². The molecule has 2 nitrogen and oxygen atoms in total. The number of ether oxygens (including phenoxy) is 1. The summed E-state index contributed by atoms with van der Waals surface area (Å²) >= 11 is 0. The van der Waals surface area contributed by atoms with Gasteiger partial charge in [-0.05, 0) is 41.8 Å². The number of methoxy groups -OCH3 is 1. The molecule has 3 heteroatoms. The highest BCUT2D eigenvalue weighted by molar-refractivity contribution is 5.33. The van der Waals surface area contributed by atoms with E-state index in [1.807, 2.05) is 24.3 Å². The molecule has 0 fully saturated rings. The van der Waals surface area contributed by atoms with Gasteiger partial charge in [0.25, 0.3) is 0 Å². The Morgan fingerprint density at radius 3 is 2.26 bits per heavy atom. The Bertz CT molecular complexity index is 569. The monoisotopic (exact) mass is 255 g/mol. The van der Waals surface area contributed by atoms with Crippen molar-refractivity contribution in [1.82, 2.24) is 0 Å². The Hall–Kier alpha value is -2.34. The van der Waals surface area contributed by atoms with Gasteiger partial charge < -0.3 is 4.74 Å². The molecule has 0 bridgehead atoms. The quantitative estimate of drug-likeness (QED) is 0.834. The third kappa shape index (κ3) is 3.32. The molecule has 0 saturated heterocycles. The molecule has 0 amide bonds. The first-order valence-electron chi connectivity index (χ1n) is 6.01. The van der Waals surface area contributed by atoms with E-state index in [4.69, 9.17) is 4.74 Å². The molecule has 96 valence electrons. The highest BCUT2D eigenvalue weighted by Gasteiger charge is 2.11. The molecule has 2 rings (SSSR count). The average molecular weight is 255 g/mol. The molecule has 0 aliphatic carbocycles. The number of hydrogen-bond acceptors (Lipinski definition) is 2. The minimum atomic E-state index is -0.262.